The summed E-state index contributed by atoms with van der Waals surface area (Å²) in [6, 6.07) is 0. The Labute approximate surface area is 561 Å². The molecule has 11 aliphatic rings. The molecule has 11 rings (SSSR count). The minimum absolute atomic E-state index is 0.595. The third-order valence-corrected chi connectivity index (χ3v) is 29.0. The Morgan fingerprint density at radius 3 is 0.830 bits per heavy atom. The minimum Gasteiger partial charge on any atom is -0.0651 e. The lowest BCUT2D eigenvalue weighted by atomic mass is 9.60. The van der Waals surface area contributed by atoms with Crippen LogP contribution in [0.15, 0.2) is 0 Å². The largest absolute Gasteiger partial charge is 0.0651 e. The third kappa shape index (κ3) is 32.6. The second-order valence-electron chi connectivity index (χ2n) is 38.8. The normalized spacial score (nSPS) is 40.1. The second-order valence-corrected chi connectivity index (χ2v) is 38.8. The van der Waals surface area contributed by atoms with Gasteiger partial charge in [0.25, 0.3) is 0 Å². The van der Waals surface area contributed by atoms with Crippen LogP contribution in [0.1, 0.15) is 395 Å². The van der Waals surface area contributed by atoms with Gasteiger partial charge in [0.05, 0.1) is 0 Å². The van der Waals surface area contributed by atoms with Gasteiger partial charge in [-0.2, -0.15) is 0 Å². The van der Waals surface area contributed by atoms with Crippen molar-refractivity contribution in [1.29, 1.82) is 0 Å². The van der Waals surface area contributed by atoms with Gasteiger partial charge in [-0.15, -0.1) is 0 Å². The molecule has 11 saturated carbocycles. The quantitative estimate of drug-likeness (QED) is 0.263. The predicted octanol–water partition coefficient (Wildman–Crippen LogP) is 30.1. The SMILES string of the molecule is CC(C)(C)C1CCC1.CC1C(C)C(C)C1C.CC1CC(C(C)C)C1.CC1CC(C)C(C)C1.CC1CC(C)[C@@H](C)C1.CC1CCC(C)(C)C1.CC1CCC(C)C1C.CC1CCC(C)C1C.CC1CCCC1(C)C.CCC(C)C1CCC1.CCC1CCCC1C. The smallest absolute Gasteiger partial charge is 0.0329 e. The van der Waals surface area contributed by atoms with Crippen LogP contribution in [0.3, 0.4) is 0 Å². The van der Waals surface area contributed by atoms with Crippen molar-refractivity contribution in [3.63, 3.8) is 0 Å². The third-order valence-electron chi connectivity index (χ3n) is 29.0. The lowest BCUT2D eigenvalue weighted by Gasteiger charge is -2.45. The van der Waals surface area contributed by atoms with Crippen LogP contribution in [-0.4, -0.2) is 0 Å². The highest BCUT2D eigenvalue weighted by Gasteiger charge is 2.38. The molecule has 0 heterocycles. The fourth-order valence-corrected chi connectivity index (χ4v) is 17.9. The van der Waals surface area contributed by atoms with Gasteiger partial charge < -0.3 is 0 Å². The molecule has 528 valence electrons. The molecule has 11 fully saturated rings. The van der Waals surface area contributed by atoms with Crippen LogP contribution in [-0.2, 0) is 0 Å². The van der Waals surface area contributed by atoms with Gasteiger partial charge in [0, 0.05) is 0 Å². The maximum atomic E-state index is 2.39. The van der Waals surface area contributed by atoms with Crippen LogP contribution in [0.5, 0.6) is 0 Å². The minimum atomic E-state index is 0.595. The van der Waals surface area contributed by atoms with Crippen molar-refractivity contribution in [3.05, 3.63) is 0 Å². The van der Waals surface area contributed by atoms with Crippen molar-refractivity contribution in [2.24, 2.45) is 170 Å². The fourth-order valence-electron chi connectivity index (χ4n) is 17.9. The first-order valence-corrected chi connectivity index (χ1v) is 40.7. The van der Waals surface area contributed by atoms with E-state index in [4.69, 9.17) is 0 Å². The standard InChI is InChI=1S/11C8H16/c2*1-6-4-7(2)8(3)5-6;1-6(2)8-4-7(3)5-8;1-7-4-5-8(2,3)6-7;1-8(2,3)7-5-4-6-7;1-7-5-4-6-8(7,2)3;2*1-6-4-5-7(2)8(6)3;1-5-6(2)8(4)7(5)3;1-3-8-6-4-5-7(8)2;1-3-7(2)8-5-4-6-8/h3*6-8H,4-5H2,1-3H3;3*7H,4-6H2,1-3H3;2*6-8H,4-5H2,1-3H3;5-8H,1-4H3;2*7-8H,3-6H2,1-2H3/t6?,7-,8?;;;;;;;;;;/m0........../s1. The Hall–Kier alpha value is 0. The van der Waals surface area contributed by atoms with Gasteiger partial charge in [-0.05, 0) is 241 Å². The van der Waals surface area contributed by atoms with Crippen LogP contribution in [0, 0.1) is 170 Å². The summed E-state index contributed by atoms with van der Waals surface area (Å²) < 4.78 is 0. The first kappa shape index (κ1) is 86.0. The van der Waals surface area contributed by atoms with Gasteiger partial charge in [0.1, 0.15) is 0 Å². The zero-order chi connectivity index (χ0) is 67.6. The topological polar surface area (TPSA) is 0 Å². The average Bonchev–Trinajstić information content (AvgIpc) is 2.88. The number of hydrogen-bond donors (Lipinski definition) is 0. The maximum absolute atomic E-state index is 2.39. The van der Waals surface area contributed by atoms with Crippen molar-refractivity contribution in [3.8, 4) is 0 Å². The zero-order valence-electron chi connectivity index (χ0n) is 67.6. The van der Waals surface area contributed by atoms with Gasteiger partial charge in [-0.3, -0.25) is 0 Å². The van der Waals surface area contributed by atoms with Crippen LogP contribution >= 0.6 is 0 Å². The Morgan fingerprint density at radius 1 is 0.352 bits per heavy atom. The van der Waals surface area contributed by atoms with E-state index < -0.39 is 0 Å². The lowest BCUT2D eigenvalue weighted by Crippen LogP contribution is -2.39. The highest BCUT2D eigenvalue weighted by Crippen LogP contribution is 2.46. The van der Waals surface area contributed by atoms with Crippen LogP contribution < -0.4 is 0 Å². The first-order valence-electron chi connectivity index (χ1n) is 40.7. The van der Waals surface area contributed by atoms with E-state index in [9.17, 15) is 0 Å². The Bertz CT molecular complexity index is 1530. The number of rotatable bonds is 4. The van der Waals surface area contributed by atoms with E-state index in [0.29, 0.717) is 16.2 Å². The van der Waals surface area contributed by atoms with Crippen LogP contribution in [0.25, 0.3) is 0 Å². The molecule has 13 unspecified atom stereocenters. The molecule has 0 bridgehead atoms. The Balaban J connectivity index is 0.000000484. The Morgan fingerprint density at radius 2 is 0.727 bits per heavy atom. The molecule has 0 aliphatic heterocycles. The van der Waals surface area contributed by atoms with Crippen LogP contribution in [0.4, 0.5) is 0 Å². The molecular formula is C88H176. The van der Waals surface area contributed by atoms with Gasteiger partial charge in [0.2, 0.25) is 0 Å². The maximum Gasteiger partial charge on any atom is -0.0329 e. The van der Waals surface area contributed by atoms with Gasteiger partial charge in [-0.1, -0.05) is 324 Å². The molecule has 0 aromatic heterocycles. The molecular weight excluding hydrogens is 1060 g/mol. The van der Waals surface area contributed by atoms with E-state index in [1.165, 1.54) is 173 Å². The van der Waals surface area contributed by atoms with Gasteiger partial charge in [0.15, 0.2) is 0 Å². The van der Waals surface area contributed by atoms with E-state index in [1.54, 1.807) is 0 Å². The predicted molar refractivity (Wildman–Crippen MR) is 404 cm³/mol. The molecule has 0 saturated heterocycles. The second kappa shape index (κ2) is 42.5. The average molecular weight is 1230 g/mol. The van der Waals surface area contributed by atoms with Crippen molar-refractivity contribution in [2.45, 2.75) is 395 Å². The summed E-state index contributed by atoms with van der Waals surface area (Å²) in [5, 5.41) is 0. The van der Waals surface area contributed by atoms with Crippen molar-refractivity contribution in [2.75, 3.05) is 0 Å². The molecule has 0 aromatic rings. The first-order chi connectivity index (χ1) is 40.7. The summed E-state index contributed by atoms with van der Waals surface area (Å²) in [6.45, 7) is 75.5. The summed E-state index contributed by atoms with van der Waals surface area (Å²) in [6.07, 6.45) is 39.5. The highest BCUT2D eigenvalue weighted by molar-refractivity contribution is 4.87. The molecule has 0 heteroatoms. The molecule has 0 N–H and O–H groups in total. The molecule has 88 heavy (non-hydrogen) atoms. The zero-order valence-corrected chi connectivity index (χ0v) is 67.6. The summed E-state index contributed by atoms with van der Waals surface area (Å²) in [5.74, 6) is 26.0. The van der Waals surface area contributed by atoms with E-state index in [2.05, 4.69) is 222 Å². The van der Waals surface area contributed by atoms with E-state index in [0.717, 1.165) is 154 Å². The van der Waals surface area contributed by atoms with Crippen molar-refractivity contribution in [1.82, 2.24) is 0 Å². The van der Waals surface area contributed by atoms with Crippen molar-refractivity contribution < 1.29 is 0 Å². The van der Waals surface area contributed by atoms with Crippen molar-refractivity contribution >= 4 is 0 Å². The van der Waals surface area contributed by atoms with Gasteiger partial charge >= 0.3 is 0 Å². The lowest BCUT2D eigenvalue weighted by molar-refractivity contribution is 0.0302. The summed E-state index contributed by atoms with van der Waals surface area (Å²) >= 11 is 0. The number of hydrogen-bond acceptors (Lipinski definition) is 0. The van der Waals surface area contributed by atoms with E-state index >= 15 is 0 Å². The van der Waals surface area contributed by atoms with Gasteiger partial charge in [-0.25, -0.2) is 0 Å². The summed E-state index contributed by atoms with van der Waals surface area (Å²) in [4.78, 5) is 0. The molecule has 0 amide bonds. The summed E-state index contributed by atoms with van der Waals surface area (Å²) in [5.41, 5.74) is 1.91. The monoisotopic (exact) mass is 1230 g/mol. The molecule has 14 atom stereocenters. The fraction of sp³-hybridized carbons (Fsp3) is 1.00. The van der Waals surface area contributed by atoms with E-state index in [-0.39, 0.29) is 0 Å². The molecule has 11 aliphatic carbocycles. The molecule has 0 aromatic carbocycles. The summed E-state index contributed by atoms with van der Waals surface area (Å²) in [7, 11) is 0. The Kier molecular flexibility index (Phi) is 41.6. The molecule has 0 nitrogen and oxygen atoms in total. The highest BCUT2D eigenvalue weighted by atomic mass is 14.4. The van der Waals surface area contributed by atoms with E-state index in [1.807, 2.05) is 0 Å². The molecule has 0 spiro atoms. The molecule has 0 radical (unpaired) electrons. The van der Waals surface area contributed by atoms with Crippen LogP contribution in [0.2, 0.25) is 0 Å².